The van der Waals surface area contributed by atoms with E-state index in [-0.39, 0.29) is 6.54 Å². The third kappa shape index (κ3) is 4.71. The van der Waals surface area contributed by atoms with Gasteiger partial charge in [0.2, 0.25) is 0 Å². The number of halogens is 1. The van der Waals surface area contributed by atoms with Gasteiger partial charge in [-0.2, -0.15) is 0 Å². The molecule has 1 aromatic carbocycles. The molecule has 0 unspecified atom stereocenters. The molecule has 1 aromatic rings. The van der Waals surface area contributed by atoms with E-state index in [4.69, 9.17) is 5.11 Å². The molecule has 0 aliphatic rings. The lowest BCUT2D eigenvalue weighted by Gasteiger charge is -2.18. The minimum Gasteiger partial charge on any atom is -0.480 e. The summed E-state index contributed by atoms with van der Waals surface area (Å²) < 4.78 is 1.05. The van der Waals surface area contributed by atoms with Crippen LogP contribution in [0.1, 0.15) is 11.1 Å². The maximum atomic E-state index is 10.7. The van der Waals surface area contributed by atoms with E-state index in [1.807, 2.05) is 30.0 Å². The van der Waals surface area contributed by atoms with Gasteiger partial charge in [-0.05, 0) is 24.1 Å². The molecule has 3 nitrogen and oxygen atoms in total. The van der Waals surface area contributed by atoms with Crippen molar-refractivity contribution < 1.29 is 9.90 Å². The van der Waals surface area contributed by atoms with E-state index in [1.165, 1.54) is 5.56 Å². The second kappa shape index (κ2) is 6.57. The lowest BCUT2D eigenvalue weighted by atomic mass is 10.1. The van der Waals surface area contributed by atoms with Gasteiger partial charge < -0.3 is 5.11 Å². The zero-order valence-corrected chi connectivity index (χ0v) is 11.4. The van der Waals surface area contributed by atoms with Crippen LogP contribution in [-0.4, -0.2) is 29.1 Å². The van der Waals surface area contributed by atoms with Gasteiger partial charge >= 0.3 is 5.97 Å². The molecule has 0 heterocycles. The van der Waals surface area contributed by atoms with Crippen LogP contribution in [-0.2, 0) is 11.3 Å². The smallest absolute Gasteiger partial charge is 0.317 e. The molecule has 0 saturated heterocycles. The zero-order valence-electron chi connectivity index (χ0n) is 9.82. The van der Waals surface area contributed by atoms with Gasteiger partial charge in [-0.25, -0.2) is 0 Å². The summed E-state index contributed by atoms with van der Waals surface area (Å²) >= 11 is 3.47. The van der Waals surface area contributed by atoms with Crippen LogP contribution in [0.4, 0.5) is 0 Å². The molecule has 0 aliphatic carbocycles. The van der Waals surface area contributed by atoms with Crippen LogP contribution in [0.25, 0.3) is 0 Å². The molecule has 0 radical (unpaired) electrons. The summed E-state index contributed by atoms with van der Waals surface area (Å²) in [5.41, 5.74) is 2.26. The van der Waals surface area contributed by atoms with Crippen LogP contribution < -0.4 is 0 Å². The normalized spacial score (nSPS) is 10.5. The molecular formula is C13H16BrNO2. The number of aliphatic carboxylic acids is 1. The second-order valence-electron chi connectivity index (χ2n) is 3.94. The van der Waals surface area contributed by atoms with Crippen molar-refractivity contribution in [2.75, 3.05) is 13.1 Å². The number of nitrogens with zero attached hydrogens (tertiary/aromatic N) is 1. The first kappa shape index (κ1) is 13.9. The number of hydrogen-bond donors (Lipinski definition) is 1. The van der Waals surface area contributed by atoms with E-state index >= 15 is 0 Å². The maximum absolute atomic E-state index is 10.7. The van der Waals surface area contributed by atoms with Crippen molar-refractivity contribution in [3.05, 3.63) is 46.5 Å². The van der Waals surface area contributed by atoms with Gasteiger partial charge in [0.1, 0.15) is 0 Å². The van der Waals surface area contributed by atoms with Crippen molar-refractivity contribution in [2.45, 2.75) is 13.5 Å². The Morgan fingerprint density at radius 1 is 1.59 bits per heavy atom. The summed E-state index contributed by atoms with van der Waals surface area (Å²) in [5.74, 6) is -0.821. The van der Waals surface area contributed by atoms with Crippen LogP contribution in [0.15, 0.2) is 35.3 Å². The Balaban J connectivity index is 2.74. The quantitative estimate of drug-likeness (QED) is 0.821. The van der Waals surface area contributed by atoms with Gasteiger partial charge in [-0.3, -0.25) is 9.69 Å². The molecule has 0 saturated carbocycles. The van der Waals surface area contributed by atoms with E-state index in [9.17, 15) is 4.79 Å². The molecule has 1 rings (SSSR count). The van der Waals surface area contributed by atoms with Crippen LogP contribution in [0.2, 0.25) is 0 Å². The minimum absolute atomic E-state index is 0.0253. The van der Waals surface area contributed by atoms with Crippen molar-refractivity contribution in [1.82, 2.24) is 4.90 Å². The predicted octanol–water partition coefficient (Wildman–Crippen LogP) is 2.83. The van der Waals surface area contributed by atoms with Crippen molar-refractivity contribution in [3.63, 3.8) is 0 Å². The Hall–Kier alpha value is -1.13. The molecule has 0 aliphatic heterocycles. The molecule has 0 fully saturated rings. The highest BCUT2D eigenvalue weighted by molar-refractivity contribution is 9.10. The molecule has 0 atom stereocenters. The molecule has 1 N–H and O–H groups in total. The Labute approximate surface area is 110 Å². The molecular weight excluding hydrogens is 282 g/mol. The standard InChI is InChI=1S/C13H16BrNO2/c1-3-6-15(9-13(16)17)8-11-5-4-10(2)12(14)7-11/h3-5,7H,1,6,8-9H2,2H3,(H,16,17). The first-order valence-corrected chi connectivity index (χ1v) is 6.12. The number of carboxylic acid groups (broad SMARTS) is 1. The van der Waals surface area contributed by atoms with Crippen molar-refractivity contribution in [3.8, 4) is 0 Å². The fraction of sp³-hybridized carbons (Fsp3) is 0.308. The van der Waals surface area contributed by atoms with Gasteiger partial charge in [-0.1, -0.05) is 34.1 Å². The molecule has 17 heavy (non-hydrogen) atoms. The zero-order chi connectivity index (χ0) is 12.8. The lowest BCUT2D eigenvalue weighted by molar-refractivity contribution is -0.138. The summed E-state index contributed by atoms with van der Waals surface area (Å²) in [5, 5.41) is 8.80. The number of hydrogen-bond acceptors (Lipinski definition) is 2. The average molecular weight is 298 g/mol. The molecule has 4 heteroatoms. The van der Waals surface area contributed by atoms with Gasteiger partial charge in [0.25, 0.3) is 0 Å². The van der Waals surface area contributed by atoms with Crippen LogP contribution in [0, 0.1) is 6.92 Å². The average Bonchev–Trinajstić information content (AvgIpc) is 2.23. The highest BCUT2D eigenvalue weighted by Crippen LogP contribution is 2.18. The topological polar surface area (TPSA) is 40.5 Å². The number of rotatable bonds is 6. The monoisotopic (exact) mass is 297 g/mol. The molecule has 0 spiro atoms. The Morgan fingerprint density at radius 3 is 2.82 bits per heavy atom. The van der Waals surface area contributed by atoms with Crippen molar-refractivity contribution >= 4 is 21.9 Å². The van der Waals surface area contributed by atoms with Gasteiger partial charge in [0.15, 0.2) is 0 Å². The number of carbonyl (C=O) groups is 1. The van der Waals surface area contributed by atoms with E-state index < -0.39 is 5.97 Å². The predicted molar refractivity (Wildman–Crippen MR) is 72.0 cm³/mol. The number of benzene rings is 1. The number of aryl methyl sites for hydroxylation is 1. The third-order valence-electron chi connectivity index (χ3n) is 2.39. The first-order valence-electron chi connectivity index (χ1n) is 5.33. The highest BCUT2D eigenvalue weighted by atomic mass is 79.9. The highest BCUT2D eigenvalue weighted by Gasteiger charge is 2.09. The Bertz CT molecular complexity index is 418. The van der Waals surface area contributed by atoms with Crippen LogP contribution in [0.5, 0.6) is 0 Å². The van der Waals surface area contributed by atoms with Crippen LogP contribution >= 0.6 is 15.9 Å². The van der Waals surface area contributed by atoms with E-state index in [1.54, 1.807) is 6.08 Å². The van der Waals surface area contributed by atoms with Crippen molar-refractivity contribution in [2.24, 2.45) is 0 Å². The minimum atomic E-state index is -0.821. The fourth-order valence-electron chi connectivity index (χ4n) is 1.55. The summed E-state index contributed by atoms with van der Waals surface area (Å²) in [6.07, 6.45) is 1.71. The summed E-state index contributed by atoms with van der Waals surface area (Å²) in [4.78, 5) is 12.5. The maximum Gasteiger partial charge on any atom is 0.317 e. The van der Waals surface area contributed by atoms with Crippen molar-refractivity contribution in [1.29, 1.82) is 0 Å². The van der Waals surface area contributed by atoms with Crippen LogP contribution in [0.3, 0.4) is 0 Å². The fourth-order valence-corrected chi connectivity index (χ4v) is 1.98. The van der Waals surface area contributed by atoms with E-state index in [0.717, 1.165) is 10.0 Å². The van der Waals surface area contributed by atoms with Gasteiger partial charge in [-0.15, -0.1) is 6.58 Å². The number of carboxylic acids is 1. The second-order valence-corrected chi connectivity index (χ2v) is 4.79. The molecule has 0 bridgehead atoms. The largest absolute Gasteiger partial charge is 0.480 e. The molecule has 0 amide bonds. The first-order chi connectivity index (χ1) is 8.02. The van der Waals surface area contributed by atoms with E-state index in [0.29, 0.717) is 13.1 Å². The Morgan fingerprint density at radius 2 is 2.29 bits per heavy atom. The Kier molecular flexibility index (Phi) is 5.38. The summed E-state index contributed by atoms with van der Waals surface area (Å²) in [6, 6.07) is 6.05. The molecule has 0 aromatic heterocycles. The van der Waals surface area contributed by atoms with E-state index in [2.05, 4.69) is 22.5 Å². The lowest BCUT2D eigenvalue weighted by Crippen LogP contribution is -2.29. The summed E-state index contributed by atoms with van der Waals surface area (Å²) in [7, 11) is 0. The summed E-state index contributed by atoms with van der Waals surface area (Å²) in [6.45, 7) is 6.86. The third-order valence-corrected chi connectivity index (χ3v) is 3.24. The van der Waals surface area contributed by atoms with Gasteiger partial charge in [0, 0.05) is 17.6 Å². The SMILES string of the molecule is C=CCN(CC(=O)O)Cc1ccc(C)c(Br)c1. The van der Waals surface area contributed by atoms with Gasteiger partial charge in [0.05, 0.1) is 6.54 Å². The molecule has 92 valence electrons.